The Kier molecular flexibility index (Phi) is 6.08. The topological polar surface area (TPSA) is 66.8 Å². The van der Waals surface area contributed by atoms with Crippen LogP contribution in [0.3, 0.4) is 0 Å². The summed E-state index contributed by atoms with van der Waals surface area (Å²) in [6, 6.07) is 3.38. The van der Waals surface area contributed by atoms with E-state index in [1.807, 2.05) is 0 Å². The molecule has 1 fully saturated rings. The molecule has 0 spiro atoms. The molecule has 1 aliphatic heterocycles. The van der Waals surface area contributed by atoms with Gasteiger partial charge in [-0.05, 0) is 52.3 Å². The number of amides is 2. The number of carbonyl (C=O) groups excluding carboxylic acids is 2. The van der Waals surface area contributed by atoms with Crippen LogP contribution in [0.15, 0.2) is 26.0 Å². The van der Waals surface area contributed by atoms with Gasteiger partial charge in [0.1, 0.15) is 5.75 Å². The highest BCUT2D eigenvalue weighted by Gasteiger charge is 2.34. The van der Waals surface area contributed by atoms with Crippen LogP contribution in [0, 0.1) is 0 Å². The number of imide groups is 1. The van der Waals surface area contributed by atoms with E-state index in [2.05, 4.69) is 31.9 Å². The van der Waals surface area contributed by atoms with Crippen LogP contribution in [0.1, 0.15) is 12.0 Å². The summed E-state index contributed by atoms with van der Waals surface area (Å²) in [4.78, 5) is 25.7. The van der Waals surface area contributed by atoms with Gasteiger partial charge in [-0.2, -0.15) is 0 Å². The van der Waals surface area contributed by atoms with E-state index in [-0.39, 0.29) is 16.9 Å². The van der Waals surface area contributed by atoms with E-state index < -0.39 is 0 Å². The van der Waals surface area contributed by atoms with Crippen LogP contribution in [0.5, 0.6) is 5.75 Å². The highest BCUT2D eigenvalue weighted by Crippen LogP contribution is 2.37. The Labute approximate surface area is 149 Å². The van der Waals surface area contributed by atoms with Gasteiger partial charge in [-0.3, -0.25) is 14.5 Å². The summed E-state index contributed by atoms with van der Waals surface area (Å²) in [5.74, 6) is -0.323. The lowest BCUT2D eigenvalue weighted by Crippen LogP contribution is -2.29. The fourth-order valence-corrected chi connectivity index (χ4v) is 4.01. The summed E-state index contributed by atoms with van der Waals surface area (Å²) < 4.78 is 6.18. The Hall–Kier alpha value is -0.830. The maximum absolute atomic E-state index is 12.3. The summed E-state index contributed by atoms with van der Waals surface area (Å²) >= 11 is 7.43. The number of ether oxygens (including phenoxy) is 1. The molecule has 0 radical (unpaired) electrons. The fourth-order valence-electron chi connectivity index (χ4n) is 1.90. The zero-order valence-electron chi connectivity index (χ0n) is 11.6. The second-order valence-corrected chi connectivity index (χ2v) is 7.27. The lowest BCUT2D eigenvalue weighted by atomic mass is 10.2. The zero-order valence-corrected chi connectivity index (χ0v) is 15.6. The summed E-state index contributed by atoms with van der Waals surface area (Å²) in [6.07, 6.45) is 2.11. The second-order valence-electron chi connectivity index (χ2n) is 4.51. The minimum Gasteiger partial charge on any atom is -0.506 e. The summed E-state index contributed by atoms with van der Waals surface area (Å²) in [5, 5.41) is 9.72. The minimum atomic E-state index is -0.346. The molecule has 118 valence electrons. The molecule has 0 aromatic heterocycles. The van der Waals surface area contributed by atoms with Crippen molar-refractivity contribution in [3.8, 4) is 5.75 Å². The highest BCUT2D eigenvalue weighted by atomic mass is 79.9. The second kappa shape index (κ2) is 7.63. The average Bonchev–Trinajstić information content (AvgIpc) is 2.72. The number of phenols is 1. The average molecular weight is 451 g/mol. The van der Waals surface area contributed by atoms with Crippen molar-refractivity contribution < 1.29 is 19.4 Å². The van der Waals surface area contributed by atoms with Crippen molar-refractivity contribution in [1.82, 2.24) is 4.90 Å². The number of rotatable bonds is 5. The Balaban J connectivity index is 2.23. The van der Waals surface area contributed by atoms with Gasteiger partial charge in [-0.1, -0.05) is 15.9 Å². The van der Waals surface area contributed by atoms with Crippen molar-refractivity contribution in [2.24, 2.45) is 0 Å². The van der Waals surface area contributed by atoms with E-state index in [9.17, 15) is 14.7 Å². The number of nitrogens with zero attached hydrogens (tertiary/aromatic N) is 1. The van der Waals surface area contributed by atoms with E-state index in [0.717, 1.165) is 16.2 Å². The molecule has 1 aromatic carbocycles. The summed E-state index contributed by atoms with van der Waals surface area (Å²) in [6.45, 7) is 0.810. The van der Waals surface area contributed by atoms with Crippen molar-refractivity contribution in [3.63, 3.8) is 0 Å². The number of thioether (sulfide) groups is 1. The fraction of sp³-hybridized carbons (Fsp3) is 0.286. The first-order chi connectivity index (χ1) is 10.4. The van der Waals surface area contributed by atoms with Crippen LogP contribution in [-0.4, -0.2) is 41.4 Å². The normalized spacial score (nSPS) is 16.9. The van der Waals surface area contributed by atoms with Crippen LogP contribution in [0.4, 0.5) is 4.79 Å². The molecule has 1 heterocycles. The Morgan fingerprint density at radius 1 is 1.36 bits per heavy atom. The largest absolute Gasteiger partial charge is 0.506 e. The molecule has 1 aliphatic rings. The molecule has 8 heteroatoms. The third-order valence-corrected chi connectivity index (χ3v) is 4.92. The molecule has 22 heavy (non-hydrogen) atoms. The van der Waals surface area contributed by atoms with Crippen molar-refractivity contribution >= 4 is 60.8 Å². The van der Waals surface area contributed by atoms with Gasteiger partial charge in [0, 0.05) is 30.3 Å². The van der Waals surface area contributed by atoms with Gasteiger partial charge < -0.3 is 9.84 Å². The number of halogens is 2. The van der Waals surface area contributed by atoms with Crippen molar-refractivity contribution in [1.29, 1.82) is 0 Å². The van der Waals surface area contributed by atoms with Gasteiger partial charge in [0.05, 0.1) is 9.38 Å². The predicted octanol–water partition coefficient (Wildman–Crippen LogP) is 3.99. The number of aromatic hydroxyl groups is 1. The molecular weight excluding hydrogens is 438 g/mol. The first kappa shape index (κ1) is 17.5. The van der Waals surface area contributed by atoms with Gasteiger partial charge in [-0.15, -0.1) is 0 Å². The van der Waals surface area contributed by atoms with Gasteiger partial charge in [0.2, 0.25) is 0 Å². The minimum absolute atomic E-state index is 0.0226. The molecule has 1 aromatic rings. The third kappa shape index (κ3) is 3.92. The standard InChI is InChI=1S/C14H13Br2NO4S/c1-21-4-2-3-17-13(19)11(22-14(17)20)6-8-5-9(15)7-10(16)12(8)18/h5-7,18H,2-4H2,1H3/b11-6+. The Bertz CT molecular complexity index is 648. The summed E-state index contributed by atoms with van der Waals surface area (Å²) in [7, 11) is 1.57. The van der Waals surface area contributed by atoms with Crippen LogP contribution in [0.2, 0.25) is 0 Å². The molecule has 0 bridgehead atoms. The Morgan fingerprint density at radius 3 is 2.77 bits per heavy atom. The number of benzene rings is 1. The number of methoxy groups -OCH3 is 1. The monoisotopic (exact) mass is 449 g/mol. The van der Waals surface area contributed by atoms with E-state index in [1.165, 1.54) is 11.0 Å². The third-order valence-electron chi connectivity index (χ3n) is 2.95. The van der Waals surface area contributed by atoms with Crippen LogP contribution >= 0.6 is 43.6 Å². The molecule has 2 rings (SSSR count). The van der Waals surface area contributed by atoms with E-state index in [4.69, 9.17) is 4.74 Å². The molecule has 0 atom stereocenters. The molecule has 0 aliphatic carbocycles. The van der Waals surface area contributed by atoms with Gasteiger partial charge in [-0.25, -0.2) is 0 Å². The quantitative estimate of drug-likeness (QED) is 0.542. The maximum atomic E-state index is 12.3. The van der Waals surface area contributed by atoms with Gasteiger partial charge in [0.15, 0.2) is 0 Å². The zero-order chi connectivity index (χ0) is 16.3. The summed E-state index contributed by atoms with van der Waals surface area (Å²) in [5.41, 5.74) is 0.462. The molecule has 1 saturated heterocycles. The van der Waals surface area contributed by atoms with Gasteiger partial charge >= 0.3 is 0 Å². The van der Waals surface area contributed by atoms with Crippen LogP contribution in [0.25, 0.3) is 6.08 Å². The van der Waals surface area contributed by atoms with Crippen molar-refractivity contribution in [2.45, 2.75) is 6.42 Å². The van der Waals surface area contributed by atoms with Crippen molar-refractivity contribution in [3.05, 3.63) is 31.5 Å². The van der Waals surface area contributed by atoms with Crippen LogP contribution in [-0.2, 0) is 9.53 Å². The van der Waals surface area contributed by atoms with Crippen LogP contribution < -0.4 is 0 Å². The molecule has 5 nitrogen and oxygen atoms in total. The first-order valence-electron chi connectivity index (χ1n) is 6.36. The number of carbonyl (C=O) groups is 2. The Morgan fingerprint density at radius 2 is 2.09 bits per heavy atom. The highest BCUT2D eigenvalue weighted by molar-refractivity contribution is 9.11. The molecule has 0 unspecified atom stereocenters. The SMILES string of the molecule is COCCCN1C(=O)S/C(=C/c2cc(Br)cc(Br)c2O)C1=O. The lowest BCUT2D eigenvalue weighted by Gasteiger charge is -2.11. The lowest BCUT2D eigenvalue weighted by molar-refractivity contribution is -0.122. The number of hydrogen-bond donors (Lipinski definition) is 1. The maximum Gasteiger partial charge on any atom is 0.293 e. The van der Waals surface area contributed by atoms with E-state index in [1.54, 1.807) is 19.2 Å². The van der Waals surface area contributed by atoms with Crippen molar-refractivity contribution in [2.75, 3.05) is 20.3 Å². The van der Waals surface area contributed by atoms with E-state index >= 15 is 0 Å². The molecule has 1 N–H and O–H groups in total. The number of phenolic OH excluding ortho intramolecular Hbond substituents is 1. The molecule has 2 amide bonds. The predicted molar refractivity (Wildman–Crippen MR) is 92.7 cm³/mol. The number of hydrogen-bond acceptors (Lipinski definition) is 5. The van der Waals surface area contributed by atoms with E-state index in [0.29, 0.717) is 34.5 Å². The first-order valence-corrected chi connectivity index (χ1v) is 8.76. The molecular formula is C14H13Br2NO4S. The van der Waals surface area contributed by atoms with Gasteiger partial charge in [0.25, 0.3) is 11.1 Å². The molecule has 0 saturated carbocycles. The smallest absolute Gasteiger partial charge is 0.293 e.